The molecule has 9 heavy (non-hydrogen) atoms. The Hall–Kier alpha value is -1.43. The number of nitriles is 1. The predicted octanol–water partition coefficient (Wildman–Crippen LogP) is 0.850. The van der Waals surface area contributed by atoms with Gasteiger partial charge in [0.2, 0.25) is 0 Å². The van der Waals surface area contributed by atoms with Gasteiger partial charge in [-0.25, -0.2) is 0 Å². The highest BCUT2D eigenvalue weighted by Crippen LogP contribution is 1.97. The van der Waals surface area contributed by atoms with E-state index in [2.05, 4.69) is 5.32 Å². The first-order chi connectivity index (χ1) is 4.43. The summed E-state index contributed by atoms with van der Waals surface area (Å²) in [4.78, 5) is 0. The van der Waals surface area contributed by atoms with Gasteiger partial charge in [-0.2, -0.15) is 5.26 Å². The Balaban J connectivity index is 2.41. The molecule has 0 aliphatic heterocycles. The second-order valence-electron chi connectivity index (χ2n) is 1.60. The molecule has 0 bridgehead atoms. The van der Waals surface area contributed by atoms with Crippen molar-refractivity contribution in [3.05, 3.63) is 24.2 Å². The van der Waals surface area contributed by atoms with Crippen LogP contribution in [-0.4, -0.2) is 0 Å². The minimum Gasteiger partial charge on any atom is -0.472 e. The van der Waals surface area contributed by atoms with Gasteiger partial charge in [-0.1, -0.05) is 0 Å². The van der Waals surface area contributed by atoms with Gasteiger partial charge >= 0.3 is 0 Å². The summed E-state index contributed by atoms with van der Waals surface area (Å²) in [5.74, 6) is 0. The average molecular weight is 122 g/mol. The zero-order valence-corrected chi connectivity index (χ0v) is 4.79. The summed E-state index contributed by atoms with van der Waals surface area (Å²) in [6.45, 7) is 0.549. The highest BCUT2D eigenvalue weighted by molar-refractivity contribution is 5.05. The minimum atomic E-state index is 0.549. The van der Waals surface area contributed by atoms with Crippen LogP contribution in [0.5, 0.6) is 0 Å². The Morgan fingerprint density at radius 2 is 2.67 bits per heavy atom. The van der Waals surface area contributed by atoms with Gasteiger partial charge in [0.25, 0.3) is 0 Å². The normalized spacial score (nSPS) is 8.33. The van der Waals surface area contributed by atoms with Gasteiger partial charge in [0.1, 0.15) is 0 Å². The van der Waals surface area contributed by atoms with E-state index in [9.17, 15) is 0 Å². The Kier molecular flexibility index (Phi) is 1.76. The summed E-state index contributed by atoms with van der Waals surface area (Å²) in [6.07, 6.45) is 4.99. The lowest BCUT2D eigenvalue weighted by atomic mass is 10.3. The zero-order chi connectivity index (χ0) is 6.53. The van der Waals surface area contributed by atoms with Gasteiger partial charge in [-0.05, 0) is 6.07 Å². The van der Waals surface area contributed by atoms with Crippen LogP contribution in [-0.2, 0) is 6.54 Å². The summed E-state index contributed by atoms with van der Waals surface area (Å²) in [6, 6.07) is 1.81. The Morgan fingerprint density at radius 1 is 1.78 bits per heavy atom. The van der Waals surface area contributed by atoms with Crippen molar-refractivity contribution in [2.45, 2.75) is 6.54 Å². The molecule has 1 aromatic rings. The van der Waals surface area contributed by atoms with Gasteiger partial charge < -0.3 is 9.73 Å². The van der Waals surface area contributed by atoms with Crippen LogP contribution in [0.2, 0.25) is 0 Å². The maximum Gasteiger partial charge on any atom is 0.176 e. The van der Waals surface area contributed by atoms with Crippen LogP contribution < -0.4 is 5.32 Å². The van der Waals surface area contributed by atoms with Crippen LogP contribution in [0.15, 0.2) is 23.0 Å². The Morgan fingerprint density at radius 3 is 3.22 bits per heavy atom. The van der Waals surface area contributed by atoms with Crippen LogP contribution in [0.25, 0.3) is 0 Å². The van der Waals surface area contributed by atoms with E-state index < -0.39 is 0 Å². The first kappa shape index (κ1) is 5.70. The molecule has 1 heterocycles. The lowest BCUT2D eigenvalue weighted by molar-refractivity contribution is 0.563. The highest BCUT2D eigenvalue weighted by atomic mass is 16.3. The molecule has 0 unspecified atom stereocenters. The van der Waals surface area contributed by atoms with Crippen LogP contribution in [0.3, 0.4) is 0 Å². The lowest BCUT2D eigenvalue weighted by Crippen LogP contribution is -2.02. The SMILES string of the molecule is N#CNCc1ccoc1. The van der Waals surface area contributed by atoms with Crippen LogP contribution in [0, 0.1) is 11.5 Å². The summed E-state index contributed by atoms with van der Waals surface area (Å²) >= 11 is 0. The second kappa shape index (κ2) is 2.78. The van der Waals surface area contributed by atoms with Gasteiger partial charge in [0, 0.05) is 5.56 Å². The van der Waals surface area contributed by atoms with E-state index in [0.717, 1.165) is 5.56 Å². The summed E-state index contributed by atoms with van der Waals surface area (Å²) in [7, 11) is 0. The van der Waals surface area contributed by atoms with Crippen LogP contribution >= 0.6 is 0 Å². The third kappa shape index (κ3) is 1.50. The monoisotopic (exact) mass is 122 g/mol. The molecule has 1 aromatic heterocycles. The van der Waals surface area contributed by atoms with Gasteiger partial charge in [0.05, 0.1) is 19.1 Å². The molecule has 0 saturated heterocycles. The molecule has 0 aliphatic carbocycles. The summed E-state index contributed by atoms with van der Waals surface area (Å²) < 4.78 is 4.76. The van der Waals surface area contributed by atoms with E-state index in [0.29, 0.717) is 6.54 Å². The average Bonchev–Trinajstić information content (AvgIpc) is 2.34. The van der Waals surface area contributed by atoms with Crippen molar-refractivity contribution in [1.29, 1.82) is 5.26 Å². The maximum absolute atomic E-state index is 8.07. The maximum atomic E-state index is 8.07. The van der Waals surface area contributed by atoms with Crippen molar-refractivity contribution in [2.75, 3.05) is 0 Å². The number of hydrogen-bond acceptors (Lipinski definition) is 3. The molecule has 0 spiro atoms. The number of nitrogens with zero attached hydrogens (tertiary/aromatic N) is 1. The molecular weight excluding hydrogens is 116 g/mol. The van der Waals surface area contributed by atoms with E-state index in [4.69, 9.17) is 9.68 Å². The molecule has 0 aromatic carbocycles. The van der Waals surface area contributed by atoms with E-state index in [1.807, 2.05) is 12.3 Å². The van der Waals surface area contributed by atoms with Gasteiger partial charge in [-0.15, -0.1) is 0 Å². The number of rotatable bonds is 2. The Bertz CT molecular complexity index is 197. The standard InChI is InChI=1S/C6H6N2O/c7-5-8-3-6-1-2-9-4-6/h1-2,4,8H,3H2. The van der Waals surface area contributed by atoms with E-state index in [1.165, 1.54) is 0 Å². The third-order valence-corrected chi connectivity index (χ3v) is 0.952. The fourth-order valence-corrected chi connectivity index (χ4v) is 0.535. The Labute approximate surface area is 52.9 Å². The molecule has 1 rings (SSSR count). The summed E-state index contributed by atoms with van der Waals surface area (Å²) in [5.41, 5.74) is 0.983. The zero-order valence-electron chi connectivity index (χ0n) is 4.79. The van der Waals surface area contributed by atoms with E-state index >= 15 is 0 Å². The first-order valence-corrected chi connectivity index (χ1v) is 2.56. The number of furan rings is 1. The second-order valence-corrected chi connectivity index (χ2v) is 1.60. The lowest BCUT2D eigenvalue weighted by Gasteiger charge is -1.87. The van der Waals surface area contributed by atoms with Crippen LogP contribution in [0.4, 0.5) is 0 Å². The molecule has 46 valence electrons. The van der Waals surface area contributed by atoms with Crippen molar-refractivity contribution in [1.82, 2.24) is 5.32 Å². The third-order valence-electron chi connectivity index (χ3n) is 0.952. The van der Waals surface area contributed by atoms with Gasteiger partial charge in [-0.3, -0.25) is 0 Å². The molecule has 0 radical (unpaired) electrons. The highest BCUT2D eigenvalue weighted by Gasteiger charge is 1.89. The molecule has 0 saturated carbocycles. The molecule has 0 aliphatic rings. The van der Waals surface area contributed by atoms with Crippen molar-refractivity contribution < 1.29 is 4.42 Å². The quantitative estimate of drug-likeness (QED) is 0.467. The minimum absolute atomic E-state index is 0.549. The smallest absolute Gasteiger partial charge is 0.176 e. The largest absolute Gasteiger partial charge is 0.472 e. The first-order valence-electron chi connectivity index (χ1n) is 2.56. The van der Waals surface area contributed by atoms with E-state index in [1.54, 1.807) is 12.5 Å². The van der Waals surface area contributed by atoms with E-state index in [-0.39, 0.29) is 0 Å². The number of nitrogens with one attached hydrogen (secondary N) is 1. The molecule has 0 atom stereocenters. The fourth-order valence-electron chi connectivity index (χ4n) is 0.535. The van der Waals surface area contributed by atoms with Gasteiger partial charge in [0.15, 0.2) is 6.19 Å². The van der Waals surface area contributed by atoms with Crippen molar-refractivity contribution in [2.24, 2.45) is 0 Å². The molecule has 3 heteroatoms. The van der Waals surface area contributed by atoms with Crippen molar-refractivity contribution in [3.63, 3.8) is 0 Å². The van der Waals surface area contributed by atoms with Crippen molar-refractivity contribution >= 4 is 0 Å². The molecule has 0 fully saturated rings. The fraction of sp³-hybridized carbons (Fsp3) is 0.167. The molecular formula is C6H6N2O. The van der Waals surface area contributed by atoms with Crippen molar-refractivity contribution in [3.8, 4) is 6.19 Å². The molecule has 1 N–H and O–H groups in total. The predicted molar refractivity (Wildman–Crippen MR) is 31.2 cm³/mol. The summed E-state index contributed by atoms with van der Waals surface area (Å²) in [5, 5.41) is 10.6. The molecule has 0 amide bonds. The molecule has 3 nitrogen and oxygen atoms in total. The van der Waals surface area contributed by atoms with Crippen LogP contribution in [0.1, 0.15) is 5.56 Å². The topological polar surface area (TPSA) is 49.0 Å². The number of hydrogen-bond donors (Lipinski definition) is 1.